The summed E-state index contributed by atoms with van der Waals surface area (Å²) in [5.74, 6) is -0.522. The molecule has 1 aromatic heterocycles. The number of hydrogen-bond donors (Lipinski definition) is 5. The molecule has 0 atom stereocenters. The predicted molar refractivity (Wildman–Crippen MR) is 86.9 cm³/mol. The summed E-state index contributed by atoms with van der Waals surface area (Å²) in [5, 5.41) is 12.3. The smallest absolute Gasteiger partial charge is 0.320 e. The average molecular weight is 337 g/mol. The first-order valence-electron chi connectivity index (χ1n) is 6.45. The van der Waals surface area contributed by atoms with E-state index in [4.69, 9.17) is 28.5 Å². The van der Waals surface area contributed by atoms with Gasteiger partial charge in [0.25, 0.3) is 0 Å². The molecule has 2 rings (SSSR count). The number of nitrogens with one attached hydrogen (secondary N) is 3. The fraction of sp³-hybridized carbons (Fsp3) is 0.0714. The number of carbonyl (C=O) groups is 1. The third kappa shape index (κ3) is 4.30. The van der Waals surface area contributed by atoms with Crippen molar-refractivity contribution in [2.24, 2.45) is 5.73 Å². The summed E-state index contributed by atoms with van der Waals surface area (Å²) >= 11 is 5.66. The molecule has 0 saturated carbocycles. The second kappa shape index (κ2) is 6.93. The molecule has 2 aromatic rings. The van der Waals surface area contributed by atoms with Crippen molar-refractivity contribution in [1.29, 1.82) is 5.41 Å². The molecule has 1 aromatic carbocycles. The highest BCUT2D eigenvalue weighted by atomic mass is 35.5. The van der Waals surface area contributed by atoms with Crippen molar-refractivity contribution < 1.29 is 9.18 Å². The number of benzene rings is 1. The molecular weight excluding hydrogens is 323 g/mol. The molecule has 0 radical (unpaired) electrons. The first kappa shape index (κ1) is 16.5. The zero-order valence-corrected chi connectivity index (χ0v) is 12.6. The first-order chi connectivity index (χ1) is 10.9. The maximum atomic E-state index is 13.0. The van der Waals surface area contributed by atoms with Gasteiger partial charge in [0.1, 0.15) is 17.5 Å². The third-order valence-corrected chi connectivity index (χ3v) is 3.19. The van der Waals surface area contributed by atoms with E-state index in [-0.39, 0.29) is 34.5 Å². The second-order valence-electron chi connectivity index (χ2n) is 4.63. The van der Waals surface area contributed by atoms with Crippen LogP contribution >= 0.6 is 11.6 Å². The van der Waals surface area contributed by atoms with E-state index in [1.807, 2.05) is 0 Å². The van der Waals surface area contributed by atoms with Gasteiger partial charge in [0.05, 0.1) is 10.6 Å². The highest BCUT2D eigenvalue weighted by Gasteiger charge is 2.08. The molecule has 7 nitrogen and oxygen atoms in total. The molecule has 0 aliphatic rings. The summed E-state index contributed by atoms with van der Waals surface area (Å²) in [7, 11) is 0. The topological polar surface area (TPSA) is 130 Å². The normalized spacial score (nSPS) is 10.2. The molecule has 23 heavy (non-hydrogen) atoms. The molecule has 120 valence electrons. The molecule has 0 spiro atoms. The maximum Gasteiger partial charge on any atom is 0.320 e. The number of nitrogens with two attached hydrogens (primary N) is 2. The van der Waals surface area contributed by atoms with Gasteiger partial charge >= 0.3 is 6.03 Å². The lowest BCUT2D eigenvalue weighted by atomic mass is 10.2. The molecule has 0 fully saturated rings. The Morgan fingerprint density at radius 1 is 1.39 bits per heavy atom. The van der Waals surface area contributed by atoms with Gasteiger partial charge in [-0.2, -0.15) is 0 Å². The van der Waals surface area contributed by atoms with Crippen LogP contribution in [0.25, 0.3) is 0 Å². The van der Waals surface area contributed by atoms with Crippen molar-refractivity contribution in [3.05, 3.63) is 52.4 Å². The van der Waals surface area contributed by atoms with Gasteiger partial charge in [0.15, 0.2) is 0 Å². The SMILES string of the molecule is N=C(N)c1cnc(NC(=O)NCc2ccc(F)c(Cl)c2)cc1N. The molecule has 0 bridgehead atoms. The number of urea groups is 1. The van der Waals surface area contributed by atoms with E-state index in [0.717, 1.165) is 0 Å². The van der Waals surface area contributed by atoms with Gasteiger partial charge < -0.3 is 16.8 Å². The Hall–Kier alpha value is -2.87. The summed E-state index contributed by atoms with van der Waals surface area (Å²) in [6, 6.07) is 5.03. The molecule has 2 amide bonds. The largest absolute Gasteiger partial charge is 0.398 e. The number of amides is 2. The van der Waals surface area contributed by atoms with E-state index >= 15 is 0 Å². The monoisotopic (exact) mass is 336 g/mol. The van der Waals surface area contributed by atoms with E-state index < -0.39 is 11.8 Å². The lowest BCUT2D eigenvalue weighted by molar-refractivity contribution is 0.251. The average Bonchev–Trinajstić information content (AvgIpc) is 2.48. The number of hydrogen-bond acceptors (Lipinski definition) is 4. The molecule has 0 unspecified atom stereocenters. The molecule has 0 saturated heterocycles. The summed E-state index contributed by atoms with van der Waals surface area (Å²) < 4.78 is 13.0. The van der Waals surface area contributed by atoms with Gasteiger partial charge in [-0.05, 0) is 17.7 Å². The van der Waals surface area contributed by atoms with Crippen molar-refractivity contribution in [3.8, 4) is 0 Å². The van der Waals surface area contributed by atoms with E-state index in [1.165, 1.54) is 30.5 Å². The lowest BCUT2D eigenvalue weighted by Gasteiger charge is -2.09. The van der Waals surface area contributed by atoms with E-state index in [2.05, 4.69) is 15.6 Å². The molecule has 0 aliphatic carbocycles. The Balaban J connectivity index is 1.95. The third-order valence-electron chi connectivity index (χ3n) is 2.90. The van der Waals surface area contributed by atoms with Gasteiger partial charge in [-0.25, -0.2) is 14.2 Å². The highest BCUT2D eigenvalue weighted by molar-refractivity contribution is 6.30. The molecular formula is C14H14ClFN6O. The Labute approximate surface area is 136 Å². The minimum Gasteiger partial charge on any atom is -0.398 e. The van der Waals surface area contributed by atoms with Gasteiger partial charge in [0, 0.05) is 24.5 Å². The van der Waals surface area contributed by atoms with Crippen molar-refractivity contribution >= 4 is 35.0 Å². The number of aromatic nitrogens is 1. The minimum atomic E-state index is -0.523. The summed E-state index contributed by atoms with van der Waals surface area (Å²) in [6.07, 6.45) is 1.30. The van der Waals surface area contributed by atoms with E-state index in [0.29, 0.717) is 5.56 Å². The Kier molecular flexibility index (Phi) is 4.97. The Bertz CT molecular complexity index is 767. The fourth-order valence-electron chi connectivity index (χ4n) is 1.76. The fourth-order valence-corrected chi connectivity index (χ4v) is 1.96. The van der Waals surface area contributed by atoms with Crippen LogP contribution in [0.3, 0.4) is 0 Å². The van der Waals surface area contributed by atoms with Gasteiger partial charge in [-0.15, -0.1) is 0 Å². The zero-order chi connectivity index (χ0) is 17.0. The van der Waals surface area contributed by atoms with Crippen LogP contribution in [0.1, 0.15) is 11.1 Å². The van der Waals surface area contributed by atoms with Crippen LogP contribution in [0.4, 0.5) is 20.7 Å². The molecule has 0 aliphatic heterocycles. The number of anilines is 2. The number of rotatable bonds is 4. The van der Waals surface area contributed by atoms with Crippen molar-refractivity contribution in [2.45, 2.75) is 6.54 Å². The number of nitrogens with zero attached hydrogens (tertiary/aromatic N) is 1. The Morgan fingerprint density at radius 2 is 2.13 bits per heavy atom. The van der Waals surface area contributed by atoms with Crippen LogP contribution in [-0.2, 0) is 6.54 Å². The minimum absolute atomic E-state index is 0.0148. The van der Waals surface area contributed by atoms with Crippen LogP contribution in [-0.4, -0.2) is 16.9 Å². The lowest BCUT2D eigenvalue weighted by Crippen LogP contribution is -2.28. The molecule has 1 heterocycles. The highest BCUT2D eigenvalue weighted by Crippen LogP contribution is 2.16. The van der Waals surface area contributed by atoms with Crippen LogP contribution in [0.5, 0.6) is 0 Å². The molecule has 9 heteroatoms. The van der Waals surface area contributed by atoms with Crippen molar-refractivity contribution in [3.63, 3.8) is 0 Å². The number of amidine groups is 1. The van der Waals surface area contributed by atoms with Crippen molar-refractivity contribution in [1.82, 2.24) is 10.3 Å². The van der Waals surface area contributed by atoms with Gasteiger partial charge in [0.2, 0.25) is 0 Å². The standard InChI is InChI=1S/C14H14ClFN6O/c15-9-3-7(1-2-10(9)16)5-21-14(23)22-12-4-11(17)8(6-20-12)13(18)19/h1-4,6H,5H2,(H3,18,19)(H4,17,20,21,22,23). The predicted octanol–water partition coefficient (Wildman–Crippen LogP) is 2.06. The van der Waals surface area contributed by atoms with Gasteiger partial charge in [-0.1, -0.05) is 17.7 Å². The summed E-state index contributed by atoms with van der Waals surface area (Å²) in [4.78, 5) is 15.7. The Morgan fingerprint density at radius 3 is 2.74 bits per heavy atom. The number of halogens is 2. The number of carbonyl (C=O) groups excluding carboxylic acids is 1. The number of pyridine rings is 1. The number of nitrogen functional groups attached to an aromatic ring is 2. The van der Waals surface area contributed by atoms with E-state index in [1.54, 1.807) is 0 Å². The van der Waals surface area contributed by atoms with Crippen LogP contribution < -0.4 is 22.1 Å². The first-order valence-corrected chi connectivity index (χ1v) is 6.83. The quantitative estimate of drug-likeness (QED) is 0.432. The van der Waals surface area contributed by atoms with Crippen LogP contribution in [0.2, 0.25) is 5.02 Å². The van der Waals surface area contributed by atoms with E-state index in [9.17, 15) is 9.18 Å². The zero-order valence-electron chi connectivity index (χ0n) is 11.9. The maximum absolute atomic E-state index is 13.0. The van der Waals surface area contributed by atoms with Gasteiger partial charge in [-0.3, -0.25) is 10.7 Å². The summed E-state index contributed by atoms with van der Waals surface area (Å²) in [6.45, 7) is 0.160. The van der Waals surface area contributed by atoms with Crippen LogP contribution in [0.15, 0.2) is 30.5 Å². The molecule has 7 N–H and O–H groups in total. The van der Waals surface area contributed by atoms with Crippen molar-refractivity contribution in [2.75, 3.05) is 11.1 Å². The summed E-state index contributed by atoms with van der Waals surface area (Å²) in [5.41, 5.74) is 12.2. The van der Waals surface area contributed by atoms with Crippen LogP contribution in [0, 0.1) is 11.2 Å². The second-order valence-corrected chi connectivity index (χ2v) is 5.03.